The van der Waals surface area contributed by atoms with Gasteiger partial charge in [-0.1, -0.05) is 26.2 Å². The summed E-state index contributed by atoms with van der Waals surface area (Å²) in [6.45, 7) is 7.72. The first-order valence-electron chi connectivity index (χ1n) is 7.52. The first kappa shape index (κ1) is 17.3. The fourth-order valence-electron chi connectivity index (χ4n) is 2.41. The molecule has 0 spiro atoms. The van der Waals surface area contributed by atoms with E-state index in [0.717, 1.165) is 18.9 Å². The summed E-state index contributed by atoms with van der Waals surface area (Å²) in [7, 11) is -1.24. The number of aliphatic imine (C=N–C) groups is 1. The summed E-state index contributed by atoms with van der Waals surface area (Å²) < 4.78 is 23.3. The summed E-state index contributed by atoms with van der Waals surface area (Å²) in [5.74, 6) is 1.03. The van der Waals surface area contributed by atoms with Gasteiger partial charge >= 0.3 is 0 Å². The zero-order chi connectivity index (χ0) is 15.2. The van der Waals surface area contributed by atoms with Crippen LogP contribution in [0.3, 0.4) is 0 Å². The van der Waals surface area contributed by atoms with Gasteiger partial charge < -0.3 is 10.2 Å². The topological polar surface area (TPSA) is 61.8 Å². The average Bonchev–Trinajstić information content (AvgIpc) is 2.37. The zero-order valence-electron chi connectivity index (χ0n) is 13.3. The van der Waals surface area contributed by atoms with E-state index in [1.807, 2.05) is 0 Å². The second-order valence-corrected chi connectivity index (χ2v) is 8.78. The van der Waals surface area contributed by atoms with Gasteiger partial charge in [0.1, 0.15) is 0 Å². The minimum absolute atomic E-state index is 0.205. The molecule has 0 aromatic carbocycles. The Labute approximate surface area is 123 Å². The van der Waals surface area contributed by atoms with Gasteiger partial charge in [-0.15, -0.1) is 0 Å². The van der Waals surface area contributed by atoms with E-state index in [0.29, 0.717) is 13.1 Å². The van der Waals surface area contributed by atoms with Crippen molar-refractivity contribution in [2.45, 2.75) is 51.2 Å². The van der Waals surface area contributed by atoms with E-state index in [2.05, 4.69) is 22.1 Å². The summed E-state index contributed by atoms with van der Waals surface area (Å²) >= 11 is 0. The molecule has 0 aromatic heterocycles. The number of nitrogens with zero attached hydrogens (tertiary/aromatic N) is 2. The standard InChI is InChI=1S/C14H29N3O2S/c1-5-6-7-8-9-16-13(15-4)17-10-11-20(18,19)14(2,3)12-17/h5-12H2,1-4H3,(H,15,16). The fraction of sp³-hybridized carbons (Fsp3) is 0.929. The monoisotopic (exact) mass is 303 g/mol. The molecule has 0 atom stereocenters. The SMILES string of the molecule is CCCCCCNC(=NC)N1CCS(=O)(=O)C(C)(C)C1. The molecular weight excluding hydrogens is 274 g/mol. The molecule has 5 nitrogen and oxygen atoms in total. The number of hydrogen-bond acceptors (Lipinski definition) is 3. The molecular formula is C14H29N3O2S. The third kappa shape index (κ3) is 4.36. The van der Waals surface area contributed by atoms with Gasteiger partial charge in [-0.2, -0.15) is 0 Å². The predicted molar refractivity (Wildman–Crippen MR) is 84.9 cm³/mol. The Morgan fingerprint density at radius 3 is 2.55 bits per heavy atom. The predicted octanol–water partition coefficient (Wildman–Crippen LogP) is 1.65. The highest BCUT2D eigenvalue weighted by Gasteiger charge is 2.40. The number of sulfone groups is 1. The molecule has 0 radical (unpaired) electrons. The summed E-state index contributed by atoms with van der Waals surface area (Å²) in [5.41, 5.74) is 0. The van der Waals surface area contributed by atoms with Crippen LogP contribution in [0.15, 0.2) is 4.99 Å². The van der Waals surface area contributed by atoms with Gasteiger partial charge in [0.2, 0.25) is 0 Å². The summed E-state index contributed by atoms with van der Waals surface area (Å²) in [5, 5.41) is 3.34. The molecule has 0 amide bonds. The molecule has 0 aliphatic carbocycles. The van der Waals surface area contributed by atoms with Gasteiger partial charge in [-0.3, -0.25) is 4.99 Å². The fourth-order valence-corrected chi connectivity index (χ4v) is 3.77. The largest absolute Gasteiger partial charge is 0.356 e. The summed E-state index contributed by atoms with van der Waals surface area (Å²) in [4.78, 5) is 6.34. The van der Waals surface area contributed by atoms with Crippen molar-refractivity contribution >= 4 is 15.8 Å². The molecule has 1 aliphatic rings. The van der Waals surface area contributed by atoms with Crippen LogP contribution in [0.5, 0.6) is 0 Å². The second kappa shape index (κ2) is 7.29. The summed E-state index contributed by atoms with van der Waals surface area (Å²) in [6, 6.07) is 0. The first-order valence-corrected chi connectivity index (χ1v) is 9.17. The molecule has 118 valence electrons. The van der Waals surface area contributed by atoms with Crippen LogP contribution in [0, 0.1) is 0 Å². The highest BCUT2D eigenvalue weighted by atomic mass is 32.2. The maximum Gasteiger partial charge on any atom is 0.193 e. The van der Waals surface area contributed by atoms with Crippen LogP contribution < -0.4 is 5.32 Å². The third-order valence-corrected chi connectivity index (χ3v) is 6.40. The molecule has 1 fully saturated rings. The molecule has 1 N–H and O–H groups in total. The van der Waals surface area contributed by atoms with Crippen LogP contribution in [-0.2, 0) is 9.84 Å². The summed E-state index contributed by atoms with van der Waals surface area (Å²) in [6.07, 6.45) is 4.84. The molecule has 6 heteroatoms. The minimum Gasteiger partial charge on any atom is -0.356 e. The maximum absolute atomic E-state index is 12.0. The smallest absolute Gasteiger partial charge is 0.193 e. The van der Waals surface area contributed by atoms with Crippen molar-refractivity contribution in [2.24, 2.45) is 4.99 Å². The van der Waals surface area contributed by atoms with E-state index in [-0.39, 0.29) is 5.75 Å². The van der Waals surface area contributed by atoms with E-state index in [4.69, 9.17) is 0 Å². The molecule has 0 bridgehead atoms. The van der Waals surface area contributed by atoms with E-state index in [9.17, 15) is 8.42 Å². The first-order chi connectivity index (χ1) is 9.34. The Hall–Kier alpha value is -0.780. The van der Waals surface area contributed by atoms with Crippen molar-refractivity contribution in [3.8, 4) is 0 Å². The van der Waals surface area contributed by atoms with E-state index in [1.54, 1.807) is 20.9 Å². The Morgan fingerprint density at radius 2 is 2.00 bits per heavy atom. The average molecular weight is 303 g/mol. The Balaban J connectivity index is 2.52. The van der Waals surface area contributed by atoms with Crippen molar-refractivity contribution in [3.05, 3.63) is 0 Å². The number of rotatable bonds is 5. The lowest BCUT2D eigenvalue weighted by atomic mass is 10.2. The van der Waals surface area contributed by atoms with Gasteiger partial charge in [-0.25, -0.2) is 8.42 Å². The molecule has 1 heterocycles. The van der Waals surface area contributed by atoms with Crippen LogP contribution in [0.25, 0.3) is 0 Å². The van der Waals surface area contributed by atoms with Crippen molar-refractivity contribution < 1.29 is 8.42 Å². The molecule has 0 aromatic rings. The van der Waals surface area contributed by atoms with Crippen molar-refractivity contribution in [1.82, 2.24) is 10.2 Å². The normalized spacial score (nSPS) is 21.8. The Morgan fingerprint density at radius 1 is 1.30 bits per heavy atom. The minimum atomic E-state index is -2.99. The Bertz CT molecular complexity index is 430. The molecule has 1 aliphatic heterocycles. The lowest BCUT2D eigenvalue weighted by molar-refractivity contribution is 0.353. The van der Waals surface area contributed by atoms with Crippen molar-refractivity contribution in [2.75, 3.05) is 32.4 Å². The molecule has 1 rings (SSSR count). The van der Waals surface area contributed by atoms with Crippen LogP contribution >= 0.6 is 0 Å². The zero-order valence-corrected chi connectivity index (χ0v) is 14.1. The number of guanidine groups is 1. The molecule has 20 heavy (non-hydrogen) atoms. The van der Waals surface area contributed by atoms with Crippen LogP contribution in [-0.4, -0.2) is 56.5 Å². The van der Waals surface area contributed by atoms with E-state index in [1.165, 1.54) is 19.3 Å². The molecule has 1 saturated heterocycles. The van der Waals surface area contributed by atoms with Gasteiger partial charge in [0.15, 0.2) is 15.8 Å². The van der Waals surface area contributed by atoms with Crippen LogP contribution in [0.2, 0.25) is 0 Å². The molecule has 0 saturated carbocycles. The number of unbranched alkanes of at least 4 members (excludes halogenated alkanes) is 3. The van der Waals surface area contributed by atoms with E-state index >= 15 is 0 Å². The highest BCUT2D eigenvalue weighted by molar-refractivity contribution is 7.92. The Kier molecular flexibility index (Phi) is 6.30. The van der Waals surface area contributed by atoms with Gasteiger partial charge in [0, 0.05) is 26.7 Å². The number of nitrogens with one attached hydrogen (secondary N) is 1. The van der Waals surface area contributed by atoms with Crippen molar-refractivity contribution in [3.63, 3.8) is 0 Å². The lowest BCUT2D eigenvalue weighted by Gasteiger charge is -2.39. The quantitative estimate of drug-likeness (QED) is 0.476. The third-order valence-electron chi connectivity index (χ3n) is 3.87. The molecule has 0 unspecified atom stereocenters. The van der Waals surface area contributed by atoms with Gasteiger partial charge in [0.05, 0.1) is 10.5 Å². The maximum atomic E-state index is 12.0. The van der Waals surface area contributed by atoms with Crippen LogP contribution in [0.4, 0.5) is 0 Å². The highest BCUT2D eigenvalue weighted by Crippen LogP contribution is 2.23. The van der Waals surface area contributed by atoms with E-state index < -0.39 is 14.6 Å². The second-order valence-electron chi connectivity index (χ2n) is 6.03. The van der Waals surface area contributed by atoms with Crippen LogP contribution in [0.1, 0.15) is 46.5 Å². The van der Waals surface area contributed by atoms with Gasteiger partial charge in [0.25, 0.3) is 0 Å². The van der Waals surface area contributed by atoms with Crippen molar-refractivity contribution in [1.29, 1.82) is 0 Å². The number of hydrogen-bond donors (Lipinski definition) is 1. The lowest BCUT2D eigenvalue weighted by Crippen LogP contribution is -2.57. The van der Waals surface area contributed by atoms with Gasteiger partial charge in [-0.05, 0) is 20.3 Å².